The van der Waals surface area contributed by atoms with E-state index in [1.54, 1.807) is 17.4 Å². The van der Waals surface area contributed by atoms with Gasteiger partial charge >= 0.3 is 0 Å². The molecule has 4 aliphatic rings. The van der Waals surface area contributed by atoms with Gasteiger partial charge < -0.3 is 20.9 Å². The summed E-state index contributed by atoms with van der Waals surface area (Å²) in [4.78, 5) is 37.0. The number of carbonyl (C=O) groups excluding carboxylic acids is 2. The van der Waals surface area contributed by atoms with Gasteiger partial charge in [0, 0.05) is 58.1 Å². The van der Waals surface area contributed by atoms with E-state index in [9.17, 15) is 14.0 Å². The fraction of sp³-hybridized carbons (Fsp3) is 0.682. The van der Waals surface area contributed by atoms with Crippen LogP contribution in [0.15, 0.2) is 18.5 Å². The highest BCUT2D eigenvalue weighted by molar-refractivity contribution is 5.96. The van der Waals surface area contributed by atoms with Crippen molar-refractivity contribution in [2.45, 2.75) is 44.4 Å². The molecule has 34 heavy (non-hydrogen) atoms. The van der Waals surface area contributed by atoms with Crippen molar-refractivity contribution in [1.29, 1.82) is 0 Å². The van der Waals surface area contributed by atoms with Gasteiger partial charge in [-0.2, -0.15) is 0 Å². The van der Waals surface area contributed by atoms with E-state index in [1.165, 1.54) is 0 Å². The standard InChI is InChI=1S/C22H34FN9O2/c1-13(2)31-8-7-29-5-6-30(12-17(29)22(31)34)16-3-4-25-10-15(16)27-21(33)18-19(24)28-32-11-14(23)9-26-20(18)32/h3-4,10,13-14,17-20,26,28H,5-9,11-12,24H2,1-2H3,(H,27,33). The number of aromatic nitrogens is 1. The highest BCUT2D eigenvalue weighted by Gasteiger charge is 2.47. The third-order valence-corrected chi connectivity index (χ3v) is 7.33. The van der Waals surface area contributed by atoms with Gasteiger partial charge in [-0.1, -0.05) is 0 Å². The SMILES string of the molecule is CC(C)N1CCN2CCN(c3ccncc3NC(=O)C3C(N)NN4CC(F)CNC34)CC2C1=O. The van der Waals surface area contributed by atoms with Gasteiger partial charge in [-0.25, -0.2) is 14.8 Å². The van der Waals surface area contributed by atoms with Crippen LogP contribution >= 0.6 is 0 Å². The number of anilines is 2. The number of alkyl halides is 1. The molecule has 5 unspecified atom stereocenters. The summed E-state index contributed by atoms with van der Waals surface area (Å²) in [5, 5.41) is 7.75. The summed E-state index contributed by atoms with van der Waals surface area (Å²) < 4.78 is 13.8. The maximum atomic E-state index is 13.8. The van der Waals surface area contributed by atoms with Crippen LogP contribution in [0.5, 0.6) is 0 Å². The minimum Gasteiger partial charge on any atom is -0.366 e. The third-order valence-electron chi connectivity index (χ3n) is 7.33. The lowest BCUT2D eigenvalue weighted by atomic mass is 10.0. The Morgan fingerprint density at radius 1 is 1.26 bits per heavy atom. The zero-order valence-electron chi connectivity index (χ0n) is 19.7. The minimum absolute atomic E-state index is 0.156. The maximum Gasteiger partial charge on any atom is 0.242 e. The van der Waals surface area contributed by atoms with Crippen LogP contribution in [0.3, 0.4) is 0 Å². The first-order valence-electron chi connectivity index (χ1n) is 12.0. The first-order chi connectivity index (χ1) is 16.3. The Kier molecular flexibility index (Phi) is 6.42. The van der Waals surface area contributed by atoms with Crippen molar-refractivity contribution in [2.24, 2.45) is 11.7 Å². The highest BCUT2D eigenvalue weighted by Crippen LogP contribution is 2.30. The Morgan fingerprint density at radius 2 is 2.06 bits per heavy atom. The number of hydrogen-bond donors (Lipinski definition) is 4. The first kappa shape index (κ1) is 23.4. The van der Waals surface area contributed by atoms with Crippen molar-refractivity contribution in [3.8, 4) is 0 Å². The fourth-order valence-electron chi connectivity index (χ4n) is 5.55. The third kappa shape index (κ3) is 4.24. The maximum absolute atomic E-state index is 13.8. The van der Waals surface area contributed by atoms with Crippen molar-refractivity contribution >= 4 is 23.2 Å². The number of amides is 2. The topological polar surface area (TPSA) is 122 Å². The van der Waals surface area contributed by atoms with Crippen LogP contribution in [0.2, 0.25) is 0 Å². The lowest BCUT2D eigenvalue weighted by Gasteiger charge is -2.48. The fourth-order valence-corrected chi connectivity index (χ4v) is 5.55. The quantitative estimate of drug-likeness (QED) is 0.423. The molecule has 4 saturated heterocycles. The molecule has 1 aromatic heterocycles. The summed E-state index contributed by atoms with van der Waals surface area (Å²) in [6, 6.07) is 1.83. The molecule has 0 radical (unpaired) electrons. The van der Waals surface area contributed by atoms with Gasteiger partial charge in [-0.15, -0.1) is 0 Å². The number of piperazine rings is 2. The Labute approximate surface area is 198 Å². The lowest BCUT2D eigenvalue weighted by Crippen LogP contribution is -2.65. The van der Waals surface area contributed by atoms with E-state index in [-0.39, 0.29) is 43.2 Å². The van der Waals surface area contributed by atoms with Gasteiger partial charge in [0.25, 0.3) is 0 Å². The van der Waals surface area contributed by atoms with E-state index in [4.69, 9.17) is 5.73 Å². The average molecular weight is 476 g/mol. The monoisotopic (exact) mass is 475 g/mol. The number of carbonyl (C=O) groups is 2. The largest absolute Gasteiger partial charge is 0.366 e. The zero-order chi connectivity index (χ0) is 24.0. The summed E-state index contributed by atoms with van der Waals surface area (Å²) >= 11 is 0. The van der Waals surface area contributed by atoms with E-state index in [1.807, 2.05) is 24.8 Å². The second kappa shape index (κ2) is 9.34. The molecular weight excluding hydrogens is 441 g/mol. The highest BCUT2D eigenvalue weighted by atomic mass is 19.1. The molecule has 11 nitrogen and oxygen atoms in total. The second-order valence-corrected chi connectivity index (χ2v) is 9.79. The number of nitrogens with zero attached hydrogens (tertiary/aromatic N) is 5. The molecule has 5 N–H and O–H groups in total. The molecule has 4 fully saturated rings. The molecule has 1 aromatic rings. The lowest BCUT2D eigenvalue weighted by molar-refractivity contribution is -0.144. The van der Waals surface area contributed by atoms with Crippen molar-refractivity contribution in [1.82, 2.24) is 30.5 Å². The Balaban J connectivity index is 1.31. The molecule has 0 bridgehead atoms. The van der Waals surface area contributed by atoms with Crippen molar-refractivity contribution in [3.63, 3.8) is 0 Å². The number of halogens is 1. The Bertz CT molecular complexity index is 933. The molecular formula is C22H34FN9O2. The molecule has 4 aliphatic heterocycles. The smallest absolute Gasteiger partial charge is 0.242 e. The summed E-state index contributed by atoms with van der Waals surface area (Å²) in [6.45, 7) is 8.17. The van der Waals surface area contributed by atoms with Gasteiger partial charge in [-0.05, 0) is 19.9 Å². The second-order valence-electron chi connectivity index (χ2n) is 9.79. The Hall–Kier alpha value is -2.38. The van der Waals surface area contributed by atoms with Crippen LogP contribution in [0, 0.1) is 5.92 Å². The number of rotatable bonds is 4. The molecule has 0 aromatic carbocycles. The average Bonchev–Trinajstić information content (AvgIpc) is 3.14. The molecule has 12 heteroatoms. The van der Waals surface area contributed by atoms with E-state index in [2.05, 4.69) is 30.8 Å². The van der Waals surface area contributed by atoms with Gasteiger partial charge in [0.05, 0.1) is 35.8 Å². The summed E-state index contributed by atoms with van der Waals surface area (Å²) in [7, 11) is 0. The summed E-state index contributed by atoms with van der Waals surface area (Å²) in [5.41, 5.74) is 10.6. The molecule has 0 aliphatic carbocycles. The van der Waals surface area contributed by atoms with Gasteiger partial charge in [-0.3, -0.25) is 24.8 Å². The van der Waals surface area contributed by atoms with Gasteiger partial charge in [0.1, 0.15) is 12.2 Å². The van der Waals surface area contributed by atoms with E-state index < -0.39 is 18.3 Å². The zero-order valence-corrected chi connectivity index (χ0v) is 19.7. The molecule has 5 rings (SSSR count). The van der Waals surface area contributed by atoms with Crippen LogP contribution < -0.4 is 26.7 Å². The molecule has 5 heterocycles. The Morgan fingerprint density at radius 3 is 2.85 bits per heavy atom. The van der Waals surface area contributed by atoms with Crippen molar-refractivity contribution in [3.05, 3.63) is 18.5 Å². The number of hydrazine groups is 1. The summed E-state index contributed by atoms with van der Waals surface area (Å²) in [6.07, 6.45) is 1.28. The van der Waals surface area contributed by atoms with E-state index >= 15 is 0 Å². The number of hydrogen-bond acceptors (Lipinski definition) is 9. The summed E-state index contributed by atoms with van der Waals surface area (Å²) in [5.74, 6) is -0.704. The molecule has 0 spiro atoms. The predicted molar refractivity (Wildman–Crippen MR) is 125 cm³/mol. The number of fused-ring (bicyclic) bond motifs is 2. The minimum atomic E-state index is -1.02. The van der Waals surface area contributed by atoms with Crippen LogP contribution in [-0.4, -0.2) is 108 Å². The molecule has 0 saturated carbocycles. The van der Waals surface area contributed by atoms with Crippen molar-refractivity contribution in [2.75, 3.05) is 56.0 Å². The van der Waals surface area contributed by atoms with Crippen LogP contribution in [0.25, 0.3) is 0 Å². The predicted octanol–water partition coefficient (Wildman–Crippen LogP) is -1.25. The van der Waals surface area contributed by atoms with Gasteiger partial charge in [0.2, 0.25) is 11.8 Å². The van der Waals surface area contributed by atoms with Crippen molar-refractivity contribution < 1.29 is 14.0 Å². The van der Waals surface area contributed by atoms with Crippen LogP contribution in [0.1, 0.15) is 13.8 Å². The number of nitrogens with two attached hydrogens (primary N) is 1. The van der Waals surface area contributed by atoms with E-state index in [0.717, 1.165) is 31.9 Å². The number of nitrogens with one attached hydrogen (secondary N) is 3. The van der Waals surface area contributed by atoms with Gasteiger partial charge in [0.15, 0.2) is 0 Å². The molecule has 2 amide bonds. The first-order valence-corrected chi connectivity index (χ1v) is 12.0. The molecule has 186 valence electrons. The van der Waals surface area contributed by atoms with Crippen LogP contribution in [0.4, 0.5) is 15.8 Å². The van der Waals surface area contributed by atoms with E-state index in [0.29, 0.717) is 12.2 Å². The molecule has 5 atom stereocenters. The van der Waals surface area contributed by atoms with Crippen LogP contribution in [-0.2, 0) is 9.59 Å². The normalized spacial score (nSPS) is 32.6. The number of pyridine rings is 1.